The quantitative estimate of drug-likeness (QED) is 0.260. The number of nitrogens with one attached hydrogen (secondary N) is 1. The molecule has 1 N–H and O–H groups in total. The van der Waals surface area contributed by atoms with Crippen LogP contribution in [0.25, 0.3) is 11.3 Å². The lowest BCUT2D eigenvalue weighted by molar-refractivity contribution is 0.207. The Morgan fingerprint density at radius 2 is 1.73 bits per heavy atom. The predicted molar refractivity (Wildman–Crippen MR) is 170 cm³/mol. The number of nitrogens with zero attached hydrogens (tertiary/aromatic N) is 5. The van der Waals surface area contributed by atoms with Crippen molar-refractivity contribution in [1.29, 1.82) is 0 Å². The van der Waals surface area contributed by atoms with Crippen LogP contribution in [0.2, 0.25) is 0 Å². The van der Waals surface area contributed by atoms with Crippen molar-refractivity contribution in [3.05, 3.63) is 77.6 Å². The lowest BCUT2D eigenvalue weighted by Crippen LogP contribution is -2.44. The smallest absolute Gasteiger partial charge is 0.420 e. The molecule has 0 atom stereocenters. The molecule has 1 saturated heterocycles. The number of ether oxygens (including phenoxy) is 3. The van der Waals surface area contributed by atoms with Crippen LogP contribution in [0.3, 0.4) is 0 Å². The zero-order valence-electron chi connectivity index (χ0n) is 25.8. The van der Waals surface area contributed by atoms with Gasteiger partial charge in [-0.25, -0.2) is 14.2 Å². The Kier molecular flexibility index (Phi) is 9.15. The molecule has 1 amide bonds. The highest BCUT2D eigenvalue weighted by Crippen LogP contribution is 2.33. The molecule has 44 heavy (non-hydrogen) atoms. The molecule has 0 radical (unpaired) electrons. The van der Waals surface area contributed by atoms with E-state index in [1.807, 2.05) is 36.9 Å². The molecule has 1 aliphatic heterocycles. The van der Waals surface area contributed by atoms with Crippen molar-refractivity contribution in [3.63, 3.8) is 0 Å². The molecular weight excluding hydrogens is 563 g/mol. The minimum absolute atomic E-state index is 0.0200. The molecule has 0 bridgehead atoms. The zero-order valence-corrected chi connectivity index (χ0v) is 25.8. The molecule has 0 spiro atoms. The fourth-order valence-electron chi connectivity index (χ4n) is 5.03. The Balaban J connectivity index is 1.45. The maximum absolute atomic E-state index is 15.3. The number of methoxy groups -OCH3 is 2. The van der Waals surface area contributed by atoms with Gasteiger partial charge < -0.3 is 29.3 Å². The average Bonchev–Trinajstić information content (AvgIpc) is 3.02. The molecule has 1 aliphatic rings. The molecule has 4 aromatic rings. The van der Waals surface area contributed by atoms with E-state index in [1.165, 1.54) is 18.1 Å². The van der Waals surface area contributed by atoms with Crippen LogP contribution in [0.15, 0.2) is 60.7 Å². The van der Waals surface area contributed by atoms with E-state index in [0.717, 1.165) is 42.9 Å². The number of halogens is 1. The first-order chi connectivity index (χ1) is 21.2. The number of hydrogen-bond acceptors (Lipinski definition) is 9. The third-order valence-corrected chi connectivity index (χ3v) is 7.84. The summed E-state index contributed by atoms with van der Waals surface area (Å²) in [5.41, 5.74) is 4.98. The molecule has 10 nitrogen and oxygen atoms in total. The summed E-state index contributed by atoms with van der Waals surface area (Å²) in [5.74, 6) is 0.849. The zero-order chi connectivity index (χ0) is 31.4. The number of amides is 1. The van der Waals surface area contributed by atoms with Gasteiger partial charge in [-0.1, -0.05) is 18.2 Å². The second kappa shape index (κ2) is 13.2. The molecule has 5 rings (SSSR count). The van der Waals surface area contributed by atoms with Gasteiger partial charge in [-0.2, -0.15) is 4.98 Å². The summed E-state index contributed by atoms with van der Waals surface area (Å²) in [6, 6.07) is 17.6. The number of likely N-dealkylation sites (N-methyl/N-ethyl adjacent to an activating group) is 1. The molecule has 0 saturated carbocycles. The summed E-state index contributed by atoms with van der Waals surface area (Å²) in [4.78, 5) is 28.1. The second-order valence-corrected chi connectivity index (χ2v) is 10.7. The average molecular weight is 601 g/mol. The molecule has 230 valence electrons. The normalized spacial score (nSPS) is 13.4. The molecule has 0 unspecified atom stereocenters. The third-order valence-electron chi connectivity index (χ3n) is 7.84. The van der Waals surface area contributed by atoms with Crippen molar-refractivity contribution in [2.45, 2.75) is 13.8 Å². The highest BCUT2D eigenvalue weighted by molar-refractivity contribution is 5.90. The van der Waals surface area contributed by atoms with E-state index in [1.54, 1.807) is 50.6 Å². The molecule has 3 aromatic carbocycles. The Bertz CT molecular complexity index is 1660. The fourth-order valence-corrected chi connectivity index (χ4v) is 5.03. The Hall–Kier alpha value is -4.90. The lowest BCUT2D eigenvalue weighted by atomic mass is 10.0. The molecule has 2 heterocycles. The number of piperazine rings is 1. The van der Waals surface area contributed by atoms with Crippen LogP contribution in [-0.4, -0.2) is 75.5 Å². The molecule has 1 aromatic heterocycles. The van der Waals surface area contributed by atoms with Gasteiger partial charge in [0.25, 0.3) is 0 Å². The summed E-state index contributed by atoms with van der Waals surface area (Å²) >= 11 is 0. The summed E-state index contributed by atoms with van der Waals surface area (Å²) in [6.45, 7) is 7.28. The van der Waals surface area contributed by atoms with Crippen molar-refractivity contribution < 1.29 is 23.4 Å². The van der Waals surface area contributed by atoms with Gasteiger partial charge >= 0.3 is 6.09 Å². The fraction of sp³-hybridized carbons (Fsp3) is 0.303. The van der Waals surface area contributed by atoms with Crippen LogP contribution < -0.4 is 29.3 Å². The summed E-state index contributed by atoms with van der Waals surface area (Å²) in [6.07, 6.45) is -0.698. The van der Waals surface area contributed by atoms with Crippen LogP contribution in [-0.2, 0) is 0 Å². The van der Waals surface area contributed by atoms with Crippen LogP contribution in [0.4, 0.5) is 32.2 Å². The largest absolute Gasteiger partial charge is 0.497 e. The van der Waals surface area contributed by atoms with Gasteiger partial charge in [0.05, 0.1) is 31.3 Å². The number of carbonyl (C=O) groups excluding carboxylic acids is 1. The van der Waals surface area contributed by atoms with E-state index in [9.17, 15) is 4.79 Å². The molecule has 11 heteroatoms. The lowest BCUT2D eigenvalue weighted by Gasteiger charge is -2.34. The first-order valence-corrected chi connectivity index (χ1v) is 14.3. The van der Waals surface area contributed by atoms with Gasteiger partial charge in [-0.15, -0.1) is 0 Å². The van der Waals surface area contributed by atoms with E-state index in [4.69, 9.17) is 19.2 Å². The van der Waals surface area contributed by atoms with Crippen LogP contribution in [0, 0.1) is 19.7 Å². The first-order valence-electron chi connectivity index (χ1n) is 14.3. The molecule has 0 aliphatic carbocycles. The number of anilines is 4. The second-order valence-electron chi connectivity index (χ2n) is 10.7. The van der Waals surface area contributed by atoms with E-state index in [-0.39, 0.29) is 17.6 Å². The van der Waals surface area contributed by atoms with E-state index < -0.39 is 6.09 Å². The number of hydrogen-bond donors (Lipinski definition) is 1. The van der Waals surface area contributed by atoms with Crippen molar-refractivity contribution in [2.24, 2.45) is 0 Å². The van der Waals surface area contributed by atoms with E-state index >= 15 is 4.39 Å². The first kappa shape index (κ1) is 30.6. The van der Waals surface area contributed by atoms with Crippen LogP contribution >= 0.6 is 0 Å². The maximum atomic E-state index is 15.3. The van der Waals surface area contributed by atoms with Gasteiger partial charge in [-0.05, 0) is 62.4 Å². The van der Waals surface area contributed by atoms with Crippen molar-refractivity contribution in [3.8, 4) is 28.6 Å². The highest BCUT2D eigenvalue weighted by Gasteiger charge is 2.21. The Labute approximate surface area is 257 Å². The van der Waals surface area contributed by atoms with Gasteiger partial charge in [0, 0.05) is 56.6 Å². The molecular formula is C33H37FN6O4. The van der Waals surface area contributed by atoms with E-state index in [2.05, 4.69) is 22.2 Å². The summed E-state index contributed by atoms with van der Waals surface area (Å²) < 4.78 is 31.8. The Morgan fingerprint density at radius 3 is 2.43 bits per heavy atom. The van der Waals surface area contributed by atoms with Crippen LogP contribution in [0.5, 0.6) is 17.4 Å². The maximum Gasteiger partial charge on any atom is 0.420 e. The Morgan fingerprint density at radius 1 is 0.955 bits per heavy atom. The highest BCUT2D eigenvalue weighted by atomic mass is 19.1. The minimum Gasteiger partial charge on any atom is -0.497 e. The van der Waals surface area contributed by atoms with Crippen molar-refractivity contribution >= 4 is 29.1 Å². The van der Waals surface area contributed by atoms with E-state index in [0.29, 0.717) is 34.3 Å². The minimum atomic E-state index is -0.698. The summed E-state index contributed by atoms with van der Waals surface area (Å²) in [5, 5.41) is 3.10. The number of aromatic nitrogens is 2. The number of aryl methyl sites for hydroxylation is 1. The number of rotatable bonds is 8. The van der Waals surface area contributed by atoms with Gasteiger partial charge in [0.1, 0.15) is 17.3 Å². The van der Waals surface area contributed by atoms with Gasteiger partial charge in [0.15, 0.2) is 0 Å². The standard InChI is InChI=1S/C33H37FN6O4/c1-21-8-7-9-25(22(21)2)27-20-31(44-33(41)39(4)29-19-24(42-5)11-13-30(29)43-6)37-32(36-27)35-23-10-12-28(26(34)18-23)40-16-14-38(3)15-17-40/h7-13,18-20H,14-17H2,1-6H3,(H,35,36,37). The monoisotopic (exact) mass is 600 g/mol. The third kappa shape index (κ3) is 6.68. The SMILES string of the molecule is COc1ccc(OC)c(N(C)C(=O)Oc2cc(-c3cccc(C)c3C)nc(Nc3ccc(N4CCN(C)CC4)c(F)c3)n2)c1. The molecule has 1 fully saturated rings. The number of carbonyl (C=O) groups is 1. The van der Waals surface area contributed by atoms with Crippen molar-refractivity contribution in [2.75, 3.05) is 69.6 Å². The van der Waals surface area contributed by atoms with Crippen molar-refractivity contribution in [1.82, 2.24) is 14.9 Å². The summed E-state index contributed by atoms with van der Waals surface area (Å²) in [7, 11) is 6.69. The number of benzene rings is 3. The van der Waals surface area contributed by atoms with Gasteiger partial charge in [0.2, 0.25) is 11.8 Å². The van der Waals surface area contributed by atoms with Crippen LogP contribution in [0.1, 0.15) is 11.1 Å². The topological polar surface area (TPSA) is 92.3 Å². The van der Waals surface area contributed by atoms with Gasteiger partial charge in [-0.3, -0.25) is 4.90 Å². The predicted octanol–water partition coefficient (Wildman–Crippen LogP) is 6.05.